The summed E-state index contributed by atoms with van der Waals surface area (Å²) in [6.45, 7) is 8.37. The average molecular weight is 401 g/mol. The van der Waals surface area contributed by atoms with Crippen LogP contribution in [0, 0.1) is 0 Å². The summed E-state index contributed by atoms with van der Waals surface area (Å²) in [5, 5.41) is 8.17. The molecule has 0 spiro atoms. The number of rotatable bonds is 9. The molecular formula is C21H27N3O5. The number of carbonyl (C=O) groups excluding carboxylic acids is 2. The number of ether oxygens (including phenoxy) is 3. The van der Waals surface area contributed by atoms with Gasteiger partial charge in [0.15, 0.2) is 11.5 Å². The molecule has 0 saturated heterocycles. The zero-order valence-corrected chi connectivity index (χ0v) is 17.1. The molecule has 0 aliphatic heterocycles. The molecule has 0 radical (unpaired) electrons. The minimum absolute atomic E-state index is 0.187. The Balaban J connectivity index is 2.19. The predicted octanol–water partition coefficient (Wildman–Crippen LogP) is 4.49. The van der Waals surface area contributed by atoms with Gasteiger partial charge in [0.1, 0.15) is 0 Å². The lowest BCUT2D eigenvalue weighted by atomic mass is 10.2. The van der Waals surface area contributed by atoms with Gasteiger partial charge in [0, 0.05) is 30.4 Å². The van der Waals surface area contributed by atoms with Gasteiger partial charge in [0.2, 0.25) is 11.7 Å². The van der Waals surface area contributed by atoms with E-state index in [9.17, 15) is 9.59 Å². The van der Waals surface area contributed by atoms with E-state index in [0.717, 1.165) is 0 Å². The molecule has 8 nitrogen and oxygen atoms in total. The first-order valence-corrected chi connectivity index (χ1v) is 9.48. The van der Waals surface area contributed by atoms with Crippen LogP contribution in [0.25, 0.3) is 0 Å². The summed E-state index contributed by atoms with van der Waals surface area (Å²) in [5.74, 6) is 1.30. The summed E-state index contributed by atoms with van der Waals surface area (Å²) in [6.07, 6.45) is 0. The third-order valence-corrected chi connectivity index (χ3v) is 3.61. The van der Waals surface area contributed by atoms with Gasteiger partial charge in [0.05, 0.1) is 25.5 Å². The molecule has 0 aliphatic carbocycles. The quantitative estimate of drug-likeness (QED) is 0.575. The molecule has 2 aromatic carbocycles. The van der Waals surface area contributed by atoms with Crippen molar-refractivity contribution in [2.75, 3.05) is 35.8 Å². The second-order valence-corrected chi connectivity index (χ2v) is 5.94. The largest absolute Gasteiger partial charge is 0.490 e. The van der Waals surface area contributed by atoms with Gasteiger partial charge in [-0.1, -0.05) is 6.07 Å². The standard InChI is InChI=1S/C21H27N3O5/c1-5-27-18-12-17(13-19(28-6-2)20(18)29-7-3)24-21(26)23-16-10-8-9-15(11-16)22-14(4)25/h8-13H,5-7H2,1-4H3,(H,22,25)(H2,23,24,26). The summed E-state index contributed by atoms with van der Waals surface area (Å²) in [4.78, 5) is 23.6. The lowest BCUT2D eigenvalue weighted by molar-refractivity contribution is -0.114. The van der Waals surface area contributed by atoms with Crippen molar-refractivity contribution in [3.63, 3.8) is 0 Å². The molecule has 8 heteroatoms. The highest BCUT2D eigenvalue weighted by molar-refractivity contribution is 6.00. The fraction of sp³-hybridized carbons (Fsp3) is 0.333. The molecule has 3 amide bonds. The van der Waals surface area contributed by atoms with Crippen molar-refractivity contribution in [1.82, 2.24) is 0 Å². The van der Waals surface area contributed by atoms with Crippen molar-refractivity contribution in [3.05, 3.63) is 36.4 Å². The molecule has 0 atom stereocenters. The molecule has 0 fully saturated rings. The molecule has 2 aromatic rings. The van der Waals surface area contributed by atoms with Gasteiger partial charge in [-0.05, 0) is 39.0 Å². The minimum Gasteiger partial charge on any atom is -0.490 e. The van der Waals surface area contributed by atoms with Crippen LogP contribution in [-0.2, 0) is 4.79 Å². The van der Waals surface area contributed by atoms with Crippen LogP contribution in [0.4, 0.5) is 21.9 Å². The van der Waals surface area contributed by atoms with Gasteiger partial charge in [-0.2, -0.15) is 0 Å². The molecule has 29 heavy (non-hydrogen) atoms. The first kappa shape index (κ1) is 21.9. The fourth-order valence-electron chi connectivity index (χ4n) is 2.63. The molecule has 0 bridgehead atoms. The predicted molar refractivity (Wildman–Crippen MR) is 113 cm³/mol. The highest BCUT2D eigenvalue weighted by atomic mass is 16.5. The smallest absolute Gasteiger partial charge is 0.323 e. The number of urea groups is 1. The van der Waals surface area contributed by atoms with Crippen LogP contribution in [0.15, 0.2) is 36.4 Å². The highest BCUT2D eigenvalue weighted by Gasteiger charge is 2.16. The fourth-order valence-corrected chi connectivity index (χ4v) is 2.63. The van der Waals surface area contributed by atoms with Gasteiger partial charge in [-0.25, -0.2) is 4.79 Å². The molecule has 0 saturated carbocycles. The Morgan fingerprint density at radius 2 is 1.28 bits per heavy atom. The van der Waals surface area contributed by atoms with Gasteiger partial charge >= 0.3 is 6.03 Å². The third kappa shape index (κ3) is 6.60. The molecule has 0 aromatic heterocycles. The van der Waals surface area contributed by atoms with Gasteiger partial charge in [-0.15, -0.1) is 0 Å². The van der Waals surface area contributed by atoms with Crippen LogP contribution < -0.4 is 30.2 Å². The van der Waals surface area contributed by atoms with Gasteiger partial charge in [0.25, 0.3) is 0 Å². The Morgan fingerprint density at radius 1 is 0.759 bits per heavy atom. The maximum atomic E-state index is 12.4. The second kappa shape index (κ2) is 10.8. The number of anilines is 3. The van der Waals surface area contributed by atoms with E-state index < -0.39 is 6.03 Å². The first-order valence-electron chi connectivity index (χ1n) is 9.48. The van der Waals surface area contributed by atoms with Crippen LogP contribution in [0.3, 0.4) is 0 Å². The highest BCUT2D eigenvalue weighted by Crippen LogP contribution is 2.40. The number of nitrogens with one attached hydrogen (secondary N) is 3. The molecule has 0 heterocycles. The summed E-state index contributed by atoms with van der Waals surface area (Å²) in [6, 6.07) is 9.78. The Bertz CT molecular complexity index is 827. The van der Waals surface area contributed by atoms with E-state index in [1.54, 1.807) is 36.4 Å². The van der Waals surface area contributed by atoms with E-state index >= 15 is 0 Å². The Kier molecular flexibility index (Phi) is 8.14. The number of amides is 3. The number of benzene rings is 2. The Hall–Kier alpha value is -3.42. The minimum atomic E-state index is -0.445. The van der Waals surface area contributed by atoms with Crippen molar-refractivity contribution >= 4 is 29.0 Å². The maximum absolute atomic E-state index is 12.4. The van der Waals surface area contributed by atoms with Crippen molar-refractivity contribution in [2.45, 2.75) is 27.7 Å². The molecule has 0 aliphatic rings. The van der Waals surface area contributed by atoms with Crippen molar-refractivity contribution in [2.24, 2.45) is 0 Å². The van der Waals surface area contributed by atoms with Crippen molar-refractivity contribution in [3.8, 4) is 17.2 Å². The summed E-state index contributed by atoms with van der Waals surface area (Å²) in [5.41, 5.74) is 1.62. The molecule has 156 valence electrons. The van der Waals surface area contributed by atoms with Crippen LogP contribution in [0.2, 0.25) is 0 Å². The SMILES string of the molecule is CCOc1cc(NC(=O)Nc2cccc(NC(C)=O)c2)cc(OCC)c1OCC. The number of hydrogen-bond acceptors (Lipinski definition) is 5. The lowest BCUT2D eigenvalue weighted by Gasteiger charge is -2.17. The second-order valence-electron chi connectivity index (χ2n) is 5.94. The zero-order valence-electron chi connectivity index (χ0n) is 17.1. The Labute approximate surface area is 170 Å². The molecule has 3 N–H and O–H groups in total. The monoisotopic (exact) mass is 401 g/mol. The Morgan fingerprint density at radius 3 is 1.79 bits per heavy atom. The van der Waals surface area contributed by atoms with E-state index in [1.807, 2.05) is 20.8 Å². The first-order chi connectivity index (χ1) is 14.0. The van der Waals surface area contributed by atoms with Crippen molar-refractivity contribution in [1.29, 1.82) is 0 Å². The van der Waals surface area contributed by atoms with E-state index in [-0.39, 0.29) is 5.91 Å². The van der Waals surface area contributed by atoms with Crippen LogP contribution >= 0.6 is 0 Å². The normalized spacial score (nSPS) is 10.1. The van der Waals surface area contributed by atoms with Gasteiger partial charge < -0.3 is 30.2 Å². The average Bonchev–Trinajstić information content (AvgIpc) is 2.64. The molecule has 0 unspecified atom stereocenters. The number of hydrogen-bond donors (Lipinski definition) is 3. The van der Waals surface area contributed by atoms with E-state index in [2.05, 4.69) is 16.0 Å². The third-order valence-electron chi connectivity index (χ3n) is 3.61. The van der Waals surface area contributed by atoms with E-state index in [1.165, 1.54) is 6.92 Å². The summed E-state index contributed by atoms with van der Waals surface area (Å²) < 4.78 is 17.0. The van der Waals surface area contributed by atoms with Crippen LogP contribution in [0.1, 0.15) is 27.7 Å². The summed E-state index contributed by atoms with van der Waals surface area (Å²) in [7, 11) is 0. The molecular weight excluding hydrogens is 374 g/mol. The van der Waals surface area contributed by atoms with Crippen LogP contribution in [-0.4, -0.2) is 31.8 Å². The van der Waals surface area contributed by atoms with E-state index in [4.69, 9.17) is 14.2 Å². The van der Waals surface area contributed by atoms with Crippen LogP contribution in [0.5, 0.6) is 17.2 Å². The number of carbonyl (C=O) groups is 2. The topological polar surface area (TPSA) is 97.9 Å². The molecule has 2 rings (SSSR count). The zero-order chi connectivity index (χ0) is 21.2. The summed E-state index contributed by atoms with van der Waals surface area (Å²) >= 11 is 0. The van der Waals surface area contributed by atoms with Gasteiger partial charge in [-0.3, -0.25) is 4.79 Å². The van der Waals surface area contributed by atoms with E-state index in [0.29, 0.717) is 54.1 Å². The lowest BCUT2D eigenvalue weighted by Crippen LogP contribution is -2.19. The van der Waals surface area contributed by atoms with Crippen molar-refractivity contribution < 1.29 is 23.8 Å². The maximum Gasteiger partial charge on any atom is 0.323 e.